The van der Waals surface area contributed by atoms with Crippen LogP contribution in [0.5, 0.6) is 0 Å². The molecule has 3 unspecified atom stereocenters. The monoisotopic (exact) mass is 450 g/mol. The number of likely N-dealkylation sites (tertiary alicyclic amines) is 1. The third kappa shape index (κ3) is 4.34. The molecule has 3 amide bonds. The first-order chi connectivity index (χ1) is 14.7. The van der Waals surface area contributed by atoms with Gasteiger partial charge in [-0.3, -0.25) is 19.3 Å². The summed E-state index contributed by atoms with van der Waals surface area (Å²) in [6.07, 6.45) is 3.08. The molecule has 3 atom stereocenters. The second-order valence-electron chi connectivity index (χ2n) is 7.85. The average molecular weight is 451 g/mol. The first kappa shape index (κ1) is 22.9. The molecule has 2 aliphatic rings. The molecule has 0 radical (unpaired) electrons. The van der Waals surface area contributed by atoms with Crippen molar-refractivity contribution < 1.29 is 33.4 Å². The van der Waals surface area contributed by atoms with E-state index in [0.717, 1.165) is 22.6 Å². The second-order valence-corrected chi connectivity index (χ2v) is 9.08. The standard InChI is InChI=1S/C21H26N2O7S/c1-10-12(3)31-17(16(10)21(28)29-4)22-15(24)9-30-20(27)11(2)23-18(25)13-7-5-6-8-14(13)19(23)26/h11,13-14H,5-9H2,1-4H3,(H,22,24). The molecule has 1 aromatic heterocycles. The number of anilines is 1. The summed E-state index contributed by atoms with van der Waals surface area (Å²) in [7, 11) is 1.25. The maximum Gasteiger partial charge on any atom is 0.341 e. The van der Waals surface area contributed by atoms with Gasteiger partial charge < -0.3 is 14.8 Å². The van der Waals surface area contributed by atoms with E-state index in [0.29, 0.717) is 23.4 Å². The first-order valence-electron chi connectivity index (χ1n) is 10.2. The van der Waals surface area contributed by atoms with Crippen LogP contribution in [0.3, 0.4) is 0 Å². The lowest BCUT2D eigenvalue weighted by Gasteiger charge is -2.21. The minimum atomic E-state index is -1.10. The largest absolute Gasteiger partial charge is 0.465 e. The van der Waals surface area contributed by atoms with Crippen LogP contribution in [-0.2, 0) is 28.7 Å². The Balaban J connectivity index is 1.60. The van der Waals surface area contributed by atoms with E-state index >= 15 is 0 Å². The van der Waals surface area contributed by atoms with E-state index in [4.69, 9.17) is 9.47 Å². The van der Waals surface area contributed by atoms with Crippen molar-refractivity contribution >= 4 is 46.0 Å². The number of fused-ring (bicyclic) bond motifs is 1. The summed E-state index contributed by atoms with van der Waals surface area (Å²) in [6, 6.07) is -1.10. The minimum absolute atomic E-state index is 0.258. The number of rotatable bonds is 6. The molecule has 1 saturated heterocycles. The van der Waals surface area contributed by atoms with Crippen LogP contribution in [0.2, 0.25) is 0 Å². The Morgan fingerprint density at radius 3 is 2.26 bits per heavy atom. The summed E-state index contributed by atoms with van der Waals surface area (Å²) >= 11 is 1.22. The molecule has 1 aliphatic carbocycles. The van der Waals surface area contributed by atoms with Crippen LogP contribution in [0.15, 0.2) is 0 Å². The smallest absolute Gasteiger partial charge is 0.341 e. The van der Waals surface area contributed by atoms with Crippen LogP contribution in [0.25, 0.3) is 0 Å². The fourth-order valence-electron chi connectivity index (χ4n) is 4.16. The van der Waals surface area contributed by atoms with Crippen molar-refractivity contribution in [1.29, 1.82) is 0 Å². The van der Waals surface area contributed by atoms with Crippen LogP contribution in [-0.4, -0.2) is 54.3 Å². The van der Waals surface area contributed by atoms with E-state index in [1.807, 2.05) is 6.92 Å². The summed E-state index contributed by atoms with van der Waals surface area (Å²) in [4.78, 5) is 63.8. The number of nitrogens with one attached hydrogen (secondary N) is 1. The zero-order valence-corrected chi connectivity index (χ0v) is 18.8. The summed E-state index contributed by atoms with van der Waals surface area (Å²) in [5.41, 5.74) is 0.958. The quantitative estimate of drug-likeness (QED) is 0.521. The van der Waals surface area contributed by atoms with Gasteiger partial charge in [0, 0.05) is 4.88 Å². The predicted octanol–water partition coefficient (Wildman–Crippen LogP) is 2.20. The van der Waals surface area contributed by atoms with Crippen molar-refractivity contribution in [1.82, 2.24) is 4.90 Å². The third-order valence-corrected chi connectivity index (χ3v) is 7.10. The van der Waals surface area contributed by atoms with Crippen LogP contribution in [0, 0.1) is 25.7 Å². The molecule has 1 aromatic rings. The van der Waals surface area contributed by atoms with Gasteiger partial charge in [0.2, 0.25) is 11.8 Å². The van der Waals surface area contributed by atoms with Gasteiger partial charge in [0.25, 0.3) is 5.91 Å². The molecule has 0 aromatic carbocycles. The van der Waals surface area contributed by atoms with Crippen molar-refractivity contribution in [3.63, 3.8) is 0 Å². The highest BCUT2D eigenvalue weighted by Crippen LogP contribution is 2.39. The minimum Gasteiger partial charge on any atom is -0.465 e. The second kappa shape index (κ2) is 9.17. The van der Waals surface area contributed by atoms with E-state index in [-0.39, 0.29) is 29.2 Å². The normalized spacial score (nSPS) is 21.5. The lowest BCUT2D eigenvalue weighted by atomic mass is 9.81. The van der Waals surface area contributed by atoms with Gasteiger partial charge in [0.05, 0.1) is 24.5 Å². The van der Waals surface area contributed by atoms with Crippen molar-refractivity contribution in [3.8, 4) is 0 Å². The van der Waals surface area contributed by atoms with E-state index in [2.05, 4.69) is 5.32 Å². The van der Waals surface area contributed by atoms with Crippen molar-refractivity contribution in [2.75, 3.05) is 19.0 Å². The Hall–Kier alpha value is -2.75. The molecule has 1 N–H and O–H groups in total. The molecule has 2 fully saturated rings. The molecule has 0 bridgehead atoms. The van der Waals surface area contributed by atoms with Crippen molar-refractivity contribution in [2.24, 2.45) is 11.8 Å². The van der Waals surface area contributed by atoms with Gasteiger partial charge in [0.1, 0.15) is 11.0 Å². The average Bonchev–Trinajstić information content (AvgIpc) is 3.17. The number of imide groups is 1. The lowest BCUT2D eigenvalue weighted by molar-refractivity contribution is -0.159. The molecule has 168 valence electrons. The Labute approximate surface area is 184 Å². The topological polar surface area (TPSA) is 119 Å². The van der Waals surface area contributed by atoms with Crippen molar-refractivity contribution in [2.45, 2.75) is 52.5 Å². The van der Waals surface area contributed by atoms with Gasteiger partial charge in [0.15, 0.2) is 6.61 Å². The summed E-state index contributed by atoms with van der Waals surface area (Å²) in [6.45, 7) is 4.38. The van der Waals surface area contributed by atoms with E-state index in [1.165, 1.54) is 25.4 Å². The van der Waals surface area contributed by atoms with E-state index in [9.17, 15) is 24.0 Å². The highest BCUT2D eigenvalue weighted by molar-refractivity contribution is 7.16. The number of aryl methyl sites for hydroxylation is 1. The summed E-state index contributed by atoms with van der Waals surface area (Å²) < 4.78 is 9.82. The van der Waals surface area contributed by atoms with Gasteiger partial charge in [-0.1, -0.05) is 12.8 Å². The molecular weight excluding hydrogens is 424 g/mol. The molecule has 2 heterocycles. The predicted molar refractivity (Wildman–Crippen MR) is 111 cm³/mol. The SMILES string of the molecule is COC(=O)c1c(NC(=O)COC(=O)C(C)N2C(=O)C3CCCCC3C2=O)sc(C)c1C. The molecule has 0 spiro atoms. The van der Waals surface area contributed by atoms with Gasteiger partial charge >= 0.3 is 11.9 Å². The number of carbonyl (C=O) groups excluding carboxylic acids is 5. The molecular formula is C21H26N2O7S. The number of esters is 2. The number of nitrogens with zero attached hydrogens (tertiary/aromatic N) is 1. The maximum absolute atomic E-state index is 12.6. The third-order valence-electron chi connectivity index (χ3n) is 5.98. The molecule has 9 nitrogen and oxygen atoms in total. The first-order valence-corrected chi connectivity index (χ1v) is 11.0. The highest BCUT2D eigenvalue weighted by Gasteiger charge is 2.51. The maximum atomic E-state index is 12.6. The van der Waals surface area contributed by atoms with E-state index < -0.39 is 30.5 Å². The Kier molecular flexibility index (Phi) is 6.78. The fourth-order valence-corrected chi connectivity index (χ4v) is 5.22. The number of hydrogen-bond acceptors (Lipinski definition) is 8. The molecule has 10 heteroatoms. The van der Waals surface area contributed by atoms with Gasteiger partial charge in [-0.25, -0.2) is 9.59 Å². The van der Waals surface area contributed by atoms with Crippen LogP contribution < -0.4 is 5.32 Å². The molecule has 3 rings (SSSR count). The van der Waals surface area contributed by atoms with Crippen LogP contribution in [0.1, 0.15) is 53.4 Å². The summed E-state index contributed by atoms with van der Waals surface area (Å²) in [5.74, 6) is -3.44. The Morgan fingerprint density at radius 2 is 1.71 bits per heavy atom. The molecule has 1 saturated carbocycles. The highest BCUT2D eigenvalue weighted by atomic mass is 32.1. The number of methoxy groups -OCH3 is 1. The van der Waals surface area contributed by atoms with Gasteiger partial charge in [-0.2, -0.15) is 0 Å². The number of ether oxygens (including phenoxy) is 2. The van der Waals surface area contributed by atoms with Gasteiger partial charge in [-0.15, -0.1) is 11.3 Å². The van der Waals surface area contributed by atoms with Crippen LogP contribution >= 0.6 is 11.3 Å². The summed E-state index contributed by atoms with van der Waals surface area (Å²) in [5, 5.41) is 2.87. The number of thiophene rings is 1. The molecule has 31 heavy (non-hydrogen) atoms. The van der Waals surface area contributed by atoms with E-state index in [1.54, 1.807) is 6.92 Å². The zero-order chi connectivity index (χ0) is 22.9. The fraction of sp³-hybridized carbons (Fsp3) is 0.571. The van der Waals surface area contributed by atoms with Crippen LogP contribution in [0.4, 0.5) is 5.00 Å². The zero-order valence-electron chi connectivity index (χ0n) is 18.0. The Bertz CT molecular complexity index is 914. The Morgan fingerprint density at radius 1 is 1.13 bits per heavy atom. The lowest BCUT2D eigenvalue weighted by Crippen LogP contribution is -2.45. The number of carbonyl (C=O) groups is 5. The van der Waals surface area contributed by atoms with Gasteiger partial charge in [-0.05, 0) is 39.2 Å². The number of amides is 3. The van der Waals surface area contributed by atoms with Crippen molar-refractivity contribution in [3.05, 3.63) is 16.0 Å². The molecule has 1 aliphatic heterocycles. The number of hydrogen-bond donors (Lipinski definition) is 1.